The first-order valence-electron chi connectivity index (χ1n) is 5.19. The molecule has 1 aromatic heterocycles. The number of hydrogen-bond acceptors (Lipinski definition) is 2. The summed E-state index contributed by atoms with van der Waals surface area (Å²) in [6, 6.07) is 6.71. The molecule has 0 saturated heterocycles. The van der Waals surface area contributed by atoms with Gasteiger partial charge in [-0.2, -0.15) is 0 Å². The number of nitrogens with one attached hydrogen (secondary N) is 1. The van der Waals surface area contributed by atoms with Crippen LogP contribution in [0, 0.1) is 0 Å². The zero-order valence-electron chi connectivity index (χ0n) is 8.89. The molecule has 0 radical (unpaired) electrons. The fourth-order valence-electron chi connectivity index (χ4n) is 2.04. The Balaban J connectivity index is 0.000000963. The maximum atomic E-state index is 4.04. The van der Waals surface area contributed by atoms with Gasteiger partial charge in [0.15, 0.2) is 0 Å². The van der Waals surface area contributed by atoms with Crippen molar-refractivity contribution >= 4 is 12.4 Å². The smallest absolute Gasteiger partial charge is 0.0949 e. The van der Waals surface area contributed by atoms with E-state index >= 15 is 0 Å². The molecule has 0 aliphatic carbocycles. The molecule has 4 heteroatoms. The molecule has 3 rings (SSSR count). The number of nitrogens with zero attached hydrogens (tertiary/aromatic N) is 2. The molecule has 0 saturated carbocycles. The average molecular weight is 236 g/mol. The van der Waals surface area contributed by atoms with Crippen LogP contribution in [0.1, 0.15) is 16.7 Å². The first-order chi connectivity index (χ1) is 7.42. The third kappa shape index (κ3) is 2.10. The standard InChI is InChI=1S/C12H13N3.ClH/c1-2-11-6-14-7-12(11)5-10(1)8-15-4-3-13-9-15;/h1-5,9,14H,6-8H2;1H. The zero-order chi connectivity index (χ0) is 10.1. The topological polar surface area (TPSA) is 29.9 Å². The quantitative estimate of drug-likeness (QED) is 0.863. The predicted octanol–water partition coefficient (Wildman–Crippen LogP) is 1.96. The van der Waals surface area contributed by atoms with E-state index in [1.54, 1.807) is 0 Å². The fraction of sp³-hybridized carbons (Fsp3) is 0.250. The van der Waals surface area contributed by atoms with Gasteiger partial charge in [-0.25, -0.2) is 4.98 Å². The minimum Gasteiger partial charge on any atom is -0.333 e. The predicted molar refractivity (Wildman–Crippen MR) is 65.6 cm³/mol. The van der Waals surface area contributed by atoms with Gasteiger partial charge in [-0.3, -0.25) is 0 Å². The van der Waals surface area contributed by atoms with Crippen LogP contribution >= 0.6 is 12.4 Å². The van der Waals surface area contributed by atoms with Gasteiger partial charge in [0.1, 0.15) is 0 Å². The van der Waals surface area contributed by atoms with Crippen LogP contribution in [0.3, 0.4) is 0 Å². The van der Waals surface area contributed by atoms with E-state index in [-0.39, 0.29) is 12.4 Å². The first-order valence-corrected chi connectivity index (χ1v) is 5.19. The van der Waals surface area contributed by atoms with Gasteiger partial charge in [0.25, 0.3) is 0 Å². The van der Waals surface area contributed by atoms with Crippen molar-refractivity contribution in [2.75, 3.05) is 0 Å². The van der Waals surface area contributed by atoms with E-state index in [4.69, 9.17) is 0 Å². The zero-order valence-corrected chi connectivity index (χ0v) is 9.70. The third-order valence-electron chi connectivity index (χ3n) is 2.83. The molecule has 0 amide bonds. The summed E-state index contributed by atoms with van der Waals surface area (Å²) < 4.78 is 2.09. The van der Waals surface area contributed by atoms with Crippen molar-refractivity contribution in [3.63, 3.8) is 0 Å². The summed E-state index contributed by atoms with van der Waals surface area (Å²) in [5.74, 6) is 0. The van der Waals surface area contributed by atoms with E-state index in [1.165, 1.54) is 16.7 Å². The summed E-state index contributed by atoms with van der Waals surface area (Å²) >= 11 is 0. The van der Waals surface area contributed by atoms with E-state index in [2.05, 4.69) is 33.1 Å². The van der Waals surface area contributed by atoms with E-state index in [0.29, 0.717) is 0 Å². The summed E-state index contributed by atoms with van der Waals surface area (Å²) in [6.45, 7) is 2.93. The van der Waals surface area contributed by atoms with Crippen LogP contribution in [0.2, 0.25) is 0 Å². The van der Waals surface area contributed by atoms with Crippen LogP contribution in [-0.2, 0) is 19.6 Å². The Hall–Kier alpha value is -1.32. The highest BCUT2D eigenvalue weighted by Crippen LogP contribution is 2.17. The Morgan fingerprint density at radius 3 is 2.94 bits per heavy atom. The molecular formula is C12H14ClN3. The second kappa shape index (κ2) is 4.68. The number of aromatic nitrogens is 2. The number of benzene rings is 1. The second-order valence-corrected chi connectivity index (χ2v) is 3.94. The number of halogens is 1. The van der Waals surface area contributed by atoms with Crippen LogP contribution < -0.4 is 5.32 Å². The van der Waals surface area contributed by atoms with Gasteiger partial charge < -0.3 is 9.88 Å². The number of hydrogen-bond donors (Lipinski definition) is 1. The van der Waals surface area contributed by atoms with Crippen LogP contribution in [0.15, 0.2) is 36.9 Å². The number of fused-ring (bicyclic) bond motifs is 1. The molecule has 1 aliphatic heterocycles. The molecule has 0 spiro atoms. The van der Waals surface area contributed by atoms with E-state index < -0.39 is 0 Å². The highest BCUT2D eigenvalue weighted by atomic mass is 35.5. The lowest BCUT2D eigenvalue weighted by Gasteiger charge is -2.04. The monoisotopic (exact) mass is 235 g/mol. The minimum atomic E-state index is 0. The van der Waals surface area contributed by atoms with E-state index in [0.717, 1.165) is 19.6 Å². The van der Waals surface area contributed by atoms with Gasteiger partial charge in [-0.15, -0.1) is 12.4 Å². The average Bonchev–Trinajstić information content (AvgIpc) is 2.87. The maximum absolute atomic E-state index is 4.04. The molecule has 1 aromatic carbocycles. The number of imidazole rings is 1. The highest BCUT2D eigenvalue weighted by molar-refractivity contribution is 5.85. The van der Waals surface area contributed by atoms with Crippen LogP contribution in [0.4, 0.5) is 0 Å². The van der Waals surface area contributed by atoms with Gasteiger partial charge in [-0.1, -0.05) is 18.2 Å². The SMILES string of the molecule is Cl.c1cn(Cc2ccc3c(c2)CNC3)cn1. The van der Waals surface area contributed by atoms with Crippen molar-refractivity contribution in [1.82, 2.24) is 14.9 Å². The van der Waals surface area contributed by atoms with E-state index in [9.17, 15) is 0 Å². The molecule has 0 fully saturated rings. The van der Waals surface area contributed by atoms with Gasteiger partial charge in [0, 0.05) is 32.0 Å². The molecule has 84 valence electrons. The van der Waals surface area contributed by atoms with Gasteiger partial charge in [-0.05, 0) is 16.7 Å². The lowest BCUT2D eigenvalue weighted by molar-refractivity contribution is 0.763. The molecule has 1 N–H and O–H groups in total. The van der Waals surface area contributed by atoms with Gasteiger partial charge in [0.05, 0.1) is 6.33 Å². The van der Waals surface area contributed by atoms with Gasteiger partial charge >= 0.3 is 0 Å². The normalized spacial score (nSPS) is 13.2. The molecule has 16 heavy (non-hydrogen) atoms. The largest absolute Gasteiger partial charge is 0.333 e. The van der Waals surface area contributed by atoms with Gasteiger partial charge in [0.2, 0.25) is 0 Å². The van der Waals surface area contributed by atoms with Crippen molar-refractivity contribution < 1.29 is 0 Å². The lowest BCUT2D eigenvalue weighted by atomic mass is 10.1. The molecule has 2 aromatic rings. The summed E-state index contributed by atoms with van der Waals surface area (Å²) in [4.78, 5) is 4.04. The highest BCUT2D eigenvalue weighted by Gasteiger charge is 2.09. The van der Waals surface area contributed by atoms with Crippen molar-refractivity contribution in [1.29, 1.82) is 0 Å². The van der Waals surface area contributed by atoms with Crippen LogP contribution in [0.25, 0.3) is 0 Å². The molecule has 2 heterocycles. The van der Waals surface area contributed by atoms with Crippen molar-refractivity contribution in [2.45, 2.75) is 19.6 Å². The molecule has 0 atom stereocenters. The van der Waals surface area contributed by atoms with Crippen LogP contribution in [0.5, 0.6) is 0 Å². The first kappa shape index (κ1) is 11.2. The Morgan fingerprint density at radius 2 is 2.12 bits per heavy atom. The fourth-order valence-corrected chi connectivity index (χ4v) is 2.04. The van der Waals surface area contributed by atoms with Crippen molar-refractivity contribution in [2.24, 2.45) is 0 Å². The summed E-state index contributed by atoms with van der Waals surface area (Å²) in [5, 5.41) is 3.35. The molecule has 0 bridgehead atoms. The van der Waals surface area contributed by atoms with Crippen molar-refractivity contribution in [3.8, 4) is 0 Å². The minimum absolute atomic E-state index is 0. The molecule has 1 aliphatic rings. The Kier molecular flexibility index (Phi) is 3.27. The summed E-state index contributed by atoms with van der Waals surface area (Å²) in [7, 11) is 0. The Morgan fingerprint density at radius 1 is 1.25 bits per heavy atom. The van der Waals surface area contributed by atoms with E-state index in [1.807, 2.05) is 18.7 Å². The van der Waals surface area contributed by atoms with Crippen LogP contribution in [-0.4, -0.2) is 9.55 Å². The van der Waals surface area contributed by atoms with Crippen molar-refractivity contribution in [3.05, 3.63) is 53.6 Å². The molecule has 3 nitrogen and oxygen atoms in total. The Bertz CT molecular complexity index is 465. The number of rotatable bonds is 2. The third-order valence-corrected chi connectivity index (χ3v) is 2.83. The molecular weight excluding hydrogens is 222 g/mol. The maximum Gasteiger partial charge on any atom is 0.0949 e. The Labute approximate surface area is 101 Å². The summed E-state index contributed by atoms with van der Waals surface area (Å²) in [6.07, 6.45) is 5.66. The lowest BCUT2D eigenvalue weighted by Crippen LogP contribution is -2.00. The summed E-state index contributed by atoms with van der Waals surface area (Å²) in [5.41, 5.74) is 4.22. The second-order valence-electron chi connectivity index (χ2n) is 3.94. The molecule has 0 unspecified atom stereocenters.